The predicted molar refractivity (Wildman–Crippen MR) is 70.2 cm³/mol. The van der Waals surface area contributed by atoms with Crippen LogP contribution in [0.25, 0.3) is 0 Å². The molecule has 17 heavy (non-hydrogen) atoms. The summed E-state index contributed by atoms with van der Waals surface area (Å²) in [5.74, 6) is 0. The van der Waals surface area contributed by atoms with Crippen LogP contribution in [-0.4, -0.2) is 36.1 Å². The minimum atomic E-state index is 0.363. The number of nitrogens with one attached hydrogen (secondary N) is 1. The molecule has 0 aromatic carbocycles. The smallest absolute Gasteiger partial charge is 0.0624 e. The molecule has 0 amide bonds. The number of aryl methyl sites for hydroxylation is 2. The molecule has 0 aliphatic heterocycles. The van der Waals surface area contributed by atoms with Gasteiger partial charge in [0, 0.05) is 31.8 Å². The Morgan fingerprint density at radius 2 is 2.24 bits per heavy atom. The fourth-order valence-electron chi connectivity index (χ4n) is 1.80. The van der Waals surface area contributed by atoms with Crippen molar-refractivity contribution in [3.63, 3.8) is 0 Å². The first-order chi connectivity index (χ1) is 8.21. The molecule has 1 aromatic rings. The maximum absolute atomic E-state index is 5.59. The highest BCUT2D eigenvalue weighted by Crippen LogP contribution is 2.07. The monoisotopic (exact) mass is 239 g/mol. The third-order valence-electron chi connectivity index (χ3n) is 2.92. The molecule has 0 radical (unpaired) electrons. The van der Waals surface area contributed by atoms with Crippen molar-refractivity contribution >= 4 is 0 Å². The van der Waals surface area contributed by atoms with E-state index in [1.54, 1.807) is 0 Å². The zero-order chi connectivity index (χ0) is 12.7. The van der Waals surface area contributed by atoms with Crippen molar-refractivity contribution in [1.29, 1.82) is 0 Å². The van der Waals surface area contributed by atoms with Crippen LogP contribution < -0.4 is 5.32 Å². The van der Waals surface area contributed by atoms with E-state index >= 15 is 0 Å². The maximum atomic E-state index is 5.59. The van der Waals surface area contributed by atoms with Crippen LogP contribution in [0.4, 0.5) is 0 Å². The molecule has 0 saturated carbocycles. The van der Waals surface area contributed by atoms with E-state index in [2.05, 4.69) is 30.3 Å². The van der Waals surface area contributed by atoms with Gasteiger partial charge in [-0.2, -0.15) is 5.10 Å². The Balaban J connectivity index is 2.51. The summed E-state index contributed by atoms with van der Waals surface area (Å²) in [5, 5.41) is 7.76. The Morgan fingerprint density at radius 3 is 2.76 bits per heavy atom. The SMILES string of the molecule is CCCOCC(Cc1cc(CC)nn1C)NC. The molecular formula is C13H25N3O. The van der Waals surface area contributed by atoms with Crippen molar-refractivity contribution in [2.75, 3.05) is 20.3 Å². The standard InChI is InChI=1S/C13H25N3O/c1-5-7-17-10-12(14-3)9-13-8-11(6-2)15-16(13)4/h8,12,14H,5-7,9-10H2,1-4H3. The molecule has 0 bridgehead atoms. The first-order valence-electron chi connectivity index (χ1n) is 6.48. The van der Waals surface area contributed by atoms with Crippen LogP contribution in [0.1, 0.15) is 31.7 Å². The van der Waals surface area contributed by atoms with E-state index in [1.165, 1.54) is 5.69 Å². The summed E-state index contributed by atoms with van der Waals surface area (Å²) in [5.41, 5.74) is 2.42. The minimum Gasteiger partial charge on any atom is -0.380 e. The topological polar surface area (TPSA) is 39.1 Å². The normalized spacial score (nSPS) is 12.9. The summed E-state index contributed by atoms with van der Waals surface area (Å²) in [7, 11) is 3.99. The lowest BCUT2D eigenvalue weighted by molar-refractivity contribution is 0.113. The van der Waals surface area contributed by atoms with Crippen molar-refractivity contribution in [3.05, 3.63) is 17.5 Å². The lowest BCUT2D eigenvalue weighted by Crippen LogP contribution is -2.33. The summed E-state index contributed by atoms with van der Waals surface area (Å²) in [6, 6.07) is 2.55. The van der Waals surface area contributed by atoms with Crippen LogP contribution in [-0.2, 0) is 24.6 Å². The molecule has 0 fully saturated rings. The van der Waals surface area contributed by atoms with E-state index in [4.69, 9.17) is 4.74 Å². The van der Waals surface area contributed by atoms with E-state index in [-0.39, 0.29) is 0 Å². The molecular weight excluding hydrogens is 214 g/mol. The molecule has 0 aliphatic carbocycles. The Bertz CT molecular complexity index is 322. The molecule has 4 heteroatoms. The molecule has 1 unspecified atom stereocenters. The fourth-order valence-corrected chi connectivity index (χ4v) is 1.80. The molecule has 1 heterocycles. The molecule has 1 atom stereocenters. The van der Waals surface area contributed by atoms with Gasteiger partial charge in [-0.3, -0.25) is 4.68 Å². The average Bonchev–Trinajstić information content (AvgIpc) is 2.69. The van der Waals surface area contributed by atoms with Crippen molar-refractivity contribution in [1.82, 2.24) is 15.1 Å². The van der Waals surface area contributed by atoms with Crippen LogP contribution in [0.2, 0.25) is 0 Å². The second-order valence-electron chi connectivity index (χ2n) is 4.37. The Morgan fingerprint density at radius 1 is 1.47 bits per heavy atom. The van der Waals surface area contributed by atoms with Gasteiger partial charge in [-0.1, -0.05) is 13.8 Å². The fraction of sp³-hybridized carbons (Fsp3) is 0.769. The number of nitrogens with zero attached hydrogens (tertiary/aromatic N) is 2. The molecule has 98 valence electrons. The number of hydrogen-bond acceptors (Lipinski definition) is 3. The summed E-state index contributed by atoms with van der Waals surface area (Å²) < 4.78 is 7.56. The second-order valence-corrected chi connectivity index (χ2v) is 4.37. The van der Waals surface area contributed by atoms with Gasteiger partial charge < -0.3 is 10.1 Å². The van der Waals surface area contributed by atoms with E-state index < -0.39 is 0 Å². The maximum Gasteiger partial charge on any atom is 0.0624 e. The van der Waals surface area contributed by atoms with E-state index in [9.17, 15) is 0 Å². The van der Waals surface area contributed by atoms with Crippen LogP contribution in [0.3, 0.4) is 0 Å². The lowest BCUT2D eigenvalue weighted by Gasteiger charge is -2.16. The van der Waals surface area contributed by atoms with Crippen LogP contribution in [0.5, 0.6) is 0 Å². The zero-order valence-electron chi connectivity index (χ0n) is 11.5. The quantitative estimate of drug-likeness (QED) is 0.699. The number of rotatable bonds is 8. The summed E-state index contributed by atoms with van der Waals surface area (Å²) in [6.45, 7) is 5.86. The highest BCUT2D eigenvalue weighted by molar-refractivity contribution is 5.11. The van der Waals surface area contributed by atoms with E-state index in [0.29, 0.717) is 6.04 Å². The zero-order valence-corrected chi connectivity index (χ0v) is 11.5. The summed E-state index contributed by atoms with van der Waals surface area (Å²) >= 11 is 0. The minimum absolute atomic E-state index is 0.363. The van der Waals surface area contributed by atoms with Crippen LogP contribution in [0, 0.1) is 0 Å². The van der Waals surface area contributed by atoms with Crippen LogP contribution >= 0.6 is 0 Å². The van der Waals surface area contributed by atoms with E-state index in [0.717, 1.165) is 38.2 Å². The van der Waals surface area contributed by atoms with Gasteiger partial charge in [-0.05, 0) is 26.0 Å². The highest BCUT2D eigenvalue weighted by Gasteiger charge is 2.11. The lowest BCUT2D eigenvalue weighted by atomic mass is 10.1. The van der Waals surface area contributed by atoms with Gasteiger partial charge >= 0.3 is 0 Å². The van der Waals surface area contributed by atoms with Gasteiger partial charge in [0.2, 0.25) is 0 Å². The largest absolute Gasteiger partial charge is 0.380 e. The van der Waals surface area contributed by atoms with Gasteiger partial charge in [0.1, 0.15) is 0 Å². The average molecular weight is 239 g/mol. The summed E-state index contributed by atoms with van der Waals surface area (Å²) in [4.78, 5) is 0. The Labute approximate surface area is 104 Å². The highest BCUT2D eigenvalue weighted by atomic mass is 16.5. The predicted octanol–water partition coefficient (Wildman–Crippen LogP) is 1.54. The van der Waals surface area contributed by atoms with Gasteiger partial charge in [0.05, 0.1) is 12.3 Å². The second kappa shape index (κ2) is 7.45. The summed E-state index contributed by atoms with van der Waals surface area (Å²) in [6.07, 6.45) is 3.02. The third kappa shape index (κ3) is 4.48. The molecule has 0 aliphatic rings. The molecule has 0 saturated heterocycles. The van der Waals surface area contributed by atoms with Gasteiger partial charge in [-0.15, -0.1) is 0 Å². The first kappa shape index (κ1) is 14.2. The number of ether oxygens (including phenoxy) is 1. The van der Waals surface area contributed by atoms with Crippen molar-refractivity contribution in [2.24, 2.45) is 7.05 Å². The number of likely N-dealkylation sites (N-methyl/N-ethyl adjacent to an activating group) is 1. The Hall–Kier alpha value is -0.870. The molecule has 1 N–H and O–H groups in total. The molecule has 0 spiro atoms. The van der Waals surface area contributed by atoms with Gasteiger partial charge in [0.15, 0.2) is 0 Å². The van der Waals surface area contributed by atoms with Gasteiger partial charge in [-0.25, -0.2) is 0 Å². The van der Waals surface area contributed by atoms with Gasteiger partial charge in [0.25, 0.3) is 0 Å². The van der Waals surface area contributed by atoms with Crippen molar-refractivity contribution in [3.8, 4) is 0 Å². The Kier molecular flexibility index (Phi) is 6.22. The third-order valence-corrected chi connectivity index (χ3v) is 2.92. The number of aromatic nitrogens is 2. The number of hydrogen-bond donors (Lipinski definition) is 1. The van der Waals surface area contributed by atoms with Crippen LogP contribution in [0.15, 0.2) is 6.07 Å². The van der Waals surface area contributed by atoms with E-state index in [1.807, 2.05) is 18.8 Å². The molecule has 1 aromatic heterocycles. The van der Waals surface area contributed by atoms with Crippen molar-refractivity contribution in [2.45, 2.75) is 39.2 Å². The molecule has 4 nitrogen and oxygen atoms in total. The molecule has 1 rings (SSSR count). The van der Waals surface area contributed by atoms with Crippen molar-refractivity contribution < 1.29 is 4.74 Å². The first-order valence-corrected chi connectivity index (χ1v) is 6.48.